The number of ether oxygens (including phenoxy) is 2. The van der Waals surface area contributed by atoms with Crippen LogP contribution in [0.5, 0.6) is 0 Å². The van der Waals surface area contributed by atoms with Crippen LogP contribution in [0.25, 0.3) is 0 Å². The number of likely N-dealkylation sites (tertiary alicyclic amines) is 1. The average molecular weight is 312 g/mol. The van der Waals surface area contributed by atoms with Gasteiger partial charge in [-0.3, -0.25) is 9.59 Å². The van der Waals surface area contributed by atoms with Crippen LogP contribution in [0.1, 0.15) is 12.8 Å². The number of methoxy groups -OCH3 is 1. The number of carbonyl (C=O) groups is 2. The lowest BCUT2D eigenvalue weighted by Crippen LogP contribution is -2.50. The summed E-state index contributed by atoms with van der Waals surface area (Å²) in [6, 6.07) is -0.558. The maximum atomic E-state index is 12.1. The first-order valence-corrected chi connectivity index (χ1v) is 6.56. The Bertz CT molecular complexity index is 355. The molecule has 2 amide bonds. The van der Waals surface area contributed by atoms with E-state index in [9.17, 15) is 22.8 Å². The molecule has 122 valence electrons. The van der Waals surface area contributed by atoms with Crippen molar-refractivity contribution < 1.29 is 32.2 Å². The number of amides is 2. The van der Waals surface area contributed by atoms with E-state index in [-0.39, 0.29) is 12.5 Å². The van der Waals surface area contributed by atoms with Crippen LogP contribution in [0.2, 0.25) is 0 Å². The zero-order valence-electron chi connectivity index (χ0n) is 11.7. The largest absolute Gasteiger partial charge is 0.471 e. The SMILES string of the molecule is COCCOCC(=O)N1CCC(NC(=O)C(F)(F)F)CC1. The van der Waals surface area contributed by atoms with Gasteiger partial charge in [-0.25, -0.2) is 0 Å². The van der Waals surface area contributed by atoms with E-state index < -0.39 is 18.1 Å². The van der Waals surface area contributed by atoms with E-state index in [0.29, 0.717) is 39.1 Å². The summed E-state index contributed by atoms with van der Waals surface area (Å²) >= 11 is 0. The van der Waals surface area contributed by atoms with Crippen LogP contribution in [0.3, 0.4) is 0 Å². The molecule has 0 saturated carbocycles. The van der Waals surface area contributed by atoms with E-state index in [1.54, 1.807) is 0 Å². The summed E-state index contributed by atoms with van der Waals surface area (Å²) in [5.41, 5.74) is 0. The van der Waals surface area contributed by atoms with Crippen LogP contribution in [0.4, 0.5) is 13.2 Å². The fourth-order valence-corrected chi connectivity index (χ4v) is 1.93. The lowest BCUT2D eigenvalue weighted by atomic mass is 10.0. The molecule has 0 spiro atoms. The predicted molar refractivity (Wildman–Crippen MR) is 66.5 cm³/mol. The molecule has 1 N–H and O–H groups in total. The van der Waals surface area contributed by atoms with E-state index in [1.807, 2.05) is 5.32 Å². The lowest BCUT2D eigenvalue weighted by molar-refractivity contribution is -0.174. The molecule has 0 aromatic heterocycles. The van der Waals surface area contributed by atoms with E-state index in [4.69, 9.17) is 9.47 Å². The molecule has 1 heterocycles. The molecule has 0 aromatic rings. The first-order valence-electron chi connectivity index (χ1n) is 6.56. The molecular weight excluding hydrogens is 293 g/mol. The van der Waals surface area contributed by atoms with Crippen molar-refractivity contribution >= 4 is 11.8 Å². The van der Waals surface area contributed by atoms with Gasteiger partial charge in [-0.1, -0.05) is 0 Å². The van der Waals surface area contributed by atoms with Crippen LogP contribution in [0, 0.1) is 0 Å². The summed E-state index contributed by atoms with van der Waals surface area (Å²) in [5.74, 6) is -2.15. The summed E-state index contributed by atoms with van der Waals surface area (Å²) in [6.45, 7) is 1.21. The first-order chi connectivity index (χ1) is 9.84. The maximum absolute atomic E-state index is 12.1. The normalized spacial score (nSPS) is 16.9. The predicted octanol–water partition coefficient (Wildman–Crippen LogP) is 0.319. The minimum Gasteiger partial charge on any atom is -0.382 e. The van der Waals surface area contributed by atoms with E-state index in [0.717, 1.165) is 0 Å². The number of halogens is 3. The zero-order valence-corrected chi connectivity index (χ0v) is 11.7. The molecule has 1 saturated heterocycles. The Labute approximate surface area is 120 Å². The van der Waals surface area contributed by atoms with Gasteiger partial charge in [0.05, 0.1) is 13.2 Å². The third-order valence-corrected chi connectivity index (χ3v) is 3.10. The molecule has 0 bridgehead atoms. The van der Waals surface area contributed by atoms with Crippen molar-refractivity contribution in [2.75, 3.05) is 40.0 Å². The van der Waals surface area contributed by atoms with Gasteiger partial charge in [0.1, 0.15) is 6.61 Å². The van der Waals surface area contributed by atoms with E-state index in [2.05, 4.69) is 0 Å². The van der Waals surface area contributed by atoms with Crippen molar-refractivity contribution in [2.45, 2.75) is 25.1 Å². The van der Waals surface area contributed by atoms with Gasteiger partial charge in [-0.05, 0) is 12.8 Å². The Morgan fingerprint density at radius 1 is 1.24 bits per heavy atom. The molecular formula is C12H19F3N2O4. The summed E-state index contributed by atoms with van der Waals surface area (Å²) in [4.78, 5) is 24.1. The van der Waals surface area contributed by atoms with Gasteiger partial charge < -0.3 is 19.7 Å². The van der Waals surface area contributed by atoms with Gasteiger partial charge in [-0.15, -0.1) is 0 Å². The van der Waals surface area contributed by atoms with Crippen molar-refractivity contribution in [3.63, 3.8) is 0 Å². The van der Waals surface area contributed by atoms with Crippen LogP contribution in [-0.2, 0) is 19.1 Å². The first kappa shape index (κ1) is 17.7. The van der Waals surface area contributed by atoms with Crippen LogP contribution in [-0.4, -0.2) is 69.0 Å². The molecule has 0 aromatic carbocycles. The van der Waals surface area contributed by atoms with Gasteiger partial charge in [0.15, 0.2) is 0 Å². The molecule has 0 aliphatic carbocycles. The number of piperidine rings is 1. The van der Waals surface area contributed by atoms with Gasteiger partial charge >= 0.3 is 12.1 Å². The third kappa shape index (κ3) is 6.30. The van der Waals surface area contributed by atoms with Crippen molar-refractivity contribution in [3.05, 3.63) is 0 Å². The number of nitrogens with one attached hydrogen (secondary N) is 1. The third-order valence-electron chi connectivity index (χ3n) is 3.10. The Balaban J connectivity index is 2.25. The molecule has 0 atom stereocenters. The number of hydrogen-bond acceptors (Lipinski definition) is 4. The van der Waals surface area contributed by atoms with Crippen molar-refractivity contribution in [1.29, 1.82) is 0 Å². The van der Waals surface area contributed by atoms with Gasteiger partial charge in [0.25, 0.3) is 0 Å². The van der Waals surface area contributed by atoms with Crippen molar-refractivity contribution in [1.82, 2.24) is 10.2 Å². The van der Waals surface area contributed by atoms with Gasteiger partial charge in [-0.2, -0.15) is 13.2 Å². The fourth-order valence-electron chi connectivity index (χ4n) is 1.93. The highest BCUT2D eigenvalue weighted by atomic mass is 19.4. The number of carbonyl (C=O) groups excluding carboxylic acids is 2. The van der Waals surface area contributed by atoms with E-state index in [1.165, 1.54) is 12.0 Å². The molecule has 0 radical (unpaired) electrons. The number of nitrogens with zero attached hydrogens (tertiary/aromatic N) is 1. The molecule has 9 heteroatoms. The van der Waals surface area contributed by atoms with Crippen LogP contribution >= 0.6 is 0 Å². The summed E-state index contributed by atoms with van der Waals surface area (Å²) in [5, 5.41) is 1.93. The summed E-state index contributed by atoms with van der Waals surface area (Å²) in [7, 11) is 1.52. The van der Waals surface area contributed by atoms with Gasteiger partial charge in [0.2, 0.25) is 5.91 Å². The minimum atomic E-state index is -4.87. The highest BCUT2D eigenvalue weighted by Gasteiger charge is 2.40. The molecule has 6 nitrogen and oxygen atoms in total. The Morgan fingerprint density at radius 2 is 1.86 bits per heavy atom. The zero-order chi connectivity index (χ0) is 15.9. The number of alkyl halides is 3. The lowest BCUT2D eigenvalue weighted by Gasteiger charge is -2.32. The fraction of sp³-hybridized carbons (Fsp3) is 0.833. The van der Waals surface area contributed by atoms with Crippen LogP contribution < -0.4 is 5.32 Å². The van der Waals surface area contributed by atoms with Crippen molar-refractivity contribution in [2.24, 2.45) is 0 Å². The highest BCUT2D eigenvalue weighted by Crippen LogP contribution is 2.17. The molecule has 21 heavy (non-hydrogen) atoms. The second-order valence-corrected chi connectivity index (χ2v) is 4.67. The topological polar surface area (TPSA) is 67.9 Å². The molecule has 1 fully saturated rings. The summed E-state index contributed by atoms with van der Waals surface area (Å²) < 4.78 is 46.2. The monoisotopic (exact) mass is 312 g/mol. The molecule has 0 unspecified atom stereocenters. The highest BCUT2D eigenvalue weighted by molar-refractivity contribution is 5.82. The van der Waals surface area contributed by atoms with E-state index >= 15 is 0 Å². The standard InChI is InChI=1S/C12H19F3N2O4/c1-20-6-7-21-8-10(18)17-4-2-9(3-5-17)16-11(19)12(13,14)15/h9H,2-8H2,1H3,(H,16,19). The number of rotatable bonds is 6. The Morgan fingerprint density at radius 3 is 2.38 bits per heavy atom. The molecule has 1 rings (SSSR count). The Hall–Kier alpha value is -1.35. The molecule has 1 aliphatic rings. The molecule has 1 aliphatic heterocycles. The Kier molecular flexibility index (Phi) is 6.90. The van der Waals surface area contributed by atoms with Crippen molar-refractivity contribution in [3.8, 4) is 0 Å². The van der Waals surface area contributed by atoms with Crippen LogP contribution in [0.15, 0.2) is 0 Å². The number of hydrogen-bond donors (Lipinski definition) is 1. The quantitative estimate of drug-likeness (QED) is 0.717. The second-order valence-electron chi connectivity index (χ2n) is 4.67. The summed E-state index contributed by atoms with van der Waals surface area (Å²) in [6.07, 6.45) is -4.28. The minimum absolute atomic E-state index is 0.0804. The maximum Gasteiger partial charge on any atom is 0.471 e. The second kappa shape index (κ2) is 8.18. The van der Waals surface area contributed by atoms with Gasteiger partial charge in [0, 0.05) is 26.2 Å². The smallest absolute Gasteiger partial charge is 0.382 e. The average Bonchev–Trinajstić information content (AvgIpc) is 2.43.